The third kappa shape index (κ3) is 3.12. The highest BCUT2D eigenvalue weighted by atomic mass is 79.9. The summed E-state index contributed by atoms with van der Waals surface area (Å²) in [5.41, 5.74) is 0. The average Bonchev–Trinajstić information content (AvgIpc) is 2.64. The molecule has 1 aliphatic heterocycles. The third-order valence-corrected chi connectivity index (χ3v) is 3.97. The second-order valence-corrected chi connectivity index (χ2v) is 5.99. The predicted molar refractivity (Wildman–Crippen MR) is 66.4 cm³/mol. The van der Waals surface area contributed by atoms with Gasteiger partial charge in [-0.3, -0.25) is 0 Å². The number of aromatic nitrogens is 2. The van der Waals surface area contributed by atoms with E-state index in [1.807, 2.05) is 0 Å². The van der Waals surface area contributed by atoms with Gasteiger partial charge in [0.05, 0.1) is 0 Å². The van der Waals surface area contributed by atoms with Gasteiger partial charge in [0.1, 0.15) is 0 Å². The zero-order valence-corrected chi connectivity index (χ0v) is 11.1. The monoisotopic (exact) mass is 290 g/mol. The van der Waals surface area contributed by atoms with Crippen LogP contribution in [-0.4, -0.2) is 40.8 Å². The fourth-order valence-corrected chi connectivity index (χ4v) is 2.99. The number of likely N-dealkylation sites (tertiary alicyclic amines) is 1. The molecule has 6 heteroatoms. The second kappa shape index (κ2) is 5.23. The van der Waals surface area contributed by atoms with Crippen molar-refractivity contribution in [3.8, 4) is 0 Å². The number of hydrogen-bond donors (Lipinski definition) is 1. The maximum absolute atomic E-state index is 4.05. The minimum atomic E-state index is 0.526. The molecule has 1 N–H and O–H groups in total. The molecule has 1 atom stereocenters. The molecule has 15 heavy (non-hydrogen) atoms. The molecule has 0 radical (unpaired) electrons. The van der Waals surface area contributed by atoms with Crippen LogP contribution in [0.5, 0.6) is 0 Å². The maximum Gasteiger partial charge on any atom is 0.206 e. The van der Waals surface area contributed by atoms with Gasteiger partial charge in [0.2, 0.25) is 5.13 Å². The normalized spacial score (nSPS) is 22.9. The average molecular weight is 291 g/mol. The van der Waals surface area contributed by atoms with E-state index < -0.39 is 0 Å². The first kappa shape index (κ1) is 11.3. The van der Waals surface area contributed by atoms with Crippen LogP contribution in [0.4, 0.5) is 5.13 Å². The summed E-state index contributed by atoms with van der Waals surface area (Å²) in [7, 11) is 0. The van der Waals surface area contributed by atoms with E-state index in [2.05, 4.69) is 43.3 Å². The fourth-order valence-electron chi connectivity index (χ4n) is 1.90. The lowest BCUT2D eigenvalue weighted by atomic mass is 10.1. The van der Waals surface area contributed by atoms with Crippen LogP contribution >= 0.6 is 27.3 Å². The number of anilines is 1. The van der Waals surface area contributed by atoms with E-state index in [4.69, 9.17) is 0 Å². The Labute approximate surface area is 102 Å². The molecule has 0 aromatic carbocycles. The Bertz CT molecular complexity index is 317. The Morgan fingerprint density at radius 1 is 1.60 bits per heavy atom. The molecule has 4 nitrogen and oxygen atoms in total. The van der Waals surface area contributed by atoms with E-state index in [0.717, 1.165) is 22.1 Å². The van der Waals surface area contributed by atoms with Gasteiger partial charge in [0.25, 0.3) is 0 Å². The van der Waals surface area contributed by atoms with Crippen LogP contribution in [0.1, 0.15) is 19.8 Å². The minimum Gasteiger partial charge on any atom is -0.356 e. The van der Waals surface area contributed by atoms with Crippen LogP contribution in [0.3, 0.4) is 0 Å². The van der Waals surface area contributed by atoms with Gasteiger partial charge >= 0.3 is 0 Å². The molecule has 1 saturated heterocycles. The molecule has 0 spiro atoms. The summed E-state index contributed by atoms with van der Waals surface area (Å²) in [6.45, 7) is 5.70. The molecule has 1 aromatic heterocycles. The summed E-state index contributed by atoms with van der Waals surface area (Å²) in [5, 5.41) is 12.3. The van der Waals surface area contributed by atoms with E-state index in [0.29, 0.717) is 6.04 Å². The largest absolute Gasteiger partial charge is 0.356 e. The van der Waals surface area contributed by atoms with E-state index >= 15 is 0 Å². The number of halogens is 1. The summed E-state index contributed by atoms with van der Waals surface area (Å²) >= 11 is 4.87. The van der Waals surface area contributed by atoms with Crippen molar-refractivity contribution in [2.24, 2.45) is 0 Å². The number of likely N-dealkylation sites (N-methyl/N-ethyl adjacent to an activating group) is 1. The molecule has 1 aliphatic rings. The molecule has 1 unspecified atom stereocenters. The van der Waals surface area contributed by atoms with Crippen molar-refractivity contribution in [3.63, 3.8) is 0 Å². The summed E-state index contributed by atoms with van der Waals surface area (Å²) in [4.78, 5) is 2.47. The van der Waals surface area contributed by atoms with Crippen molar-refractivity contribution in [2.45, 2.75) is 25.8 Å². The lowest BCUT2D eigenvalue weighted by Crippen LogP contribution is -2.41. The van der Waals surface area contributed by atoms with Crippen molar-refractivity contribution in [3.05, 3.63) is 3.92 Å². The Balaban J connectivity index is 1.88. The first-order valence-electron chi connectivity index (χ1n) is 5.26. The van der Waals surface area contributed by atoms with Crippen LogP contribution in [0.25, 0.3) is 0 Å². The van der Waals surface area contributed by atoms with Gasteiger partial charge in [-0.2, -0.15) is 0 Å². The highest BCUT2D eigenvalue weighted by Gasteiger charge is 2.19. The van der Waals surface area contributed by atoms with Gasteiger partial charge in [0.15, 0.2) is 3.92 Å². The second-order valence-electron chi connectivity index (χ2n) is 3.74. The summed E-state index contributed by atoms with van der Waals surface area (Å²) in [5.74, 6) is 0. The van der Waals surface area contributed by atoms with Crippen molar-refractivity contribution in [1.82, 2.24) is 15.1 Å². The van der Waals surface area contributed by atoms with Gasteiger partial charge in [-0.05, 0) is 41.9 Å². The first-order valence-corrected chi connectivity index (χ1v) is 6.86. The zero-order chi connectivity index (χ0) is 10.7. The van der Waals surface area contributed by atoms with Gasteiger partial charge in [-0.15, -0.1) is 10.2 Å². The van der Waals surface area contributed by atoms with E-state index in [1.165, 1.54) is 19.4 Å². The molecule has 1 aromatic rings. The van der Waals surface area contributed by atoms with Gasteiger partial charge < -0.3 is 10.2 Å². The van der Waals surface area contributed by atoms with Crippen LogP contribution in [0.2, 0.25) is 0 Å². The van der Waals surface area contributed by atoms with Gasteiger partial charge in [-0.1, -0.05) is 18.3 Å². The predicted octanol–water partition coefficient (Wildman–Crippen LogP) is 2.20. The minimum absolute atomic E-state index is 0.526. The van der Waals surface area contributed by atoms with Gasteiger partial charge in [-0.25, -0.2) is 0 Å². The maximum atomic E-state index is 4.05. The molecule has 0 saturated carbocycles. The van der Waals surface area contributed by atoms with Crippen LogP contribution < -0.4 is 5.32 Å². The highest BCUT2D eigenvalue weighted by Crippen LogP contribution is 2.22. The lowest BCUT2D eigenvalue weighted by Gasteiger charge is -2.31. The molecule has 2 heterocycles. The smallest absolute Gasteiger partial charge is 0.206 e. The zero-order valence-electron chi connectivity index (χ0n) is 8.74. The van der Waals surface area contributed by atoms with Crippen LogP contribution in [0.15, 0.2) is 3.92 Å². The van der Waals surface area contributed by atoms with Crippen molar-refractivity contribution in [2.75, 3.05) is 25.0 Å². The van der Waals surface area contributed by atoms with Crippen molar-refractivity contribution < 1.29 is 0 Å². The summed E-state index contributed by atoms with van der Waals surface area (Å²) in [6, 6.07) is 0.526. The SMILES string of the molecule is CCN1CCCC(Nc2nnc(Br)s2)C1. The Hall–Kier alpha value is -0.200. The summed E-state index contributed by atoms with van der Waals surface area (Å²) < 4.78 is 0.841. The van der Waals surface area contributed by atoms with Crippen LogP contribution in [0, 0.1) is 0 Å². The quantitative estimate of drug-likeness (QED) is 0.927. The Kier molecular flexibility index (Phi) is 3.93. The van der Waals surface area contributed by atoms with Crippen molar-refractivity contribution in [1.29, 1.82) is 0 Å². The molecule has 0 aliphatic carbocycles. The molecule has 2 rings (SSSR count). The van der Waals surface area contributed by atoms with E-state index in [1.54, 1.807) is 11.3 Å². The number of nitrogens with one attached hydrogen (secondary N) is 1. The van der Waals surface area contributed by atoms with Gasteiger partial charge in [0, 0.05) is 12.6 Å². The number of piperidine rings is 1. The first-order chi connectivity index (χ1) is 7.28. The molecule has 0 bridgehead atoms. The molecule has 84 valence electrons. The standard InChI is InChI=1S/C9H15BrN4S/c1-2-14-5-3-4-7(6-14)11-9-13-12-8(10)15-9/h7H,2-6H2,1H3,(H,11,13). The lowest BCUT2D eigenvalue weighted by molar-refractivity contribution is 0.227. The highest BCUT2D eigenvalue weighted by molar-refractivity contribution is 9.11. The molecule has 1 fully saturated rings. The van der Waals surface area contributed by atoms with E-state index in [-0.39, 0.29) is 0 Å². The molecule has 0 amide bonds. The third-order valence-electron chi connectivity index (χ3n) is 2.68. The summed E-state index contributed by atoms with van der Waals surface area (Å²) in [6.07, 6.45) is 2.50. The Morgan fingerprint density at radius 2 is 2.47 bits per heavy atom. The Morgan fingerprint density at radius 3 is 3.13 bits per heavy atom. The number of rotatable bonds is 3. The topological polar surface area (TPSA) is 41.0 Å². The molecular weight excluding hydrogens is 276 g/mol. The number of nitrogens with zero attached hydrogens (tertiary/aromatic N) is 3. The van der Waals surface area contributed by atoms with Crippen LogP contribution in [-0.2, 0) is 0 Å². The fraction of sp³-hybridized carbons (Fsp3) is 0.778. The van der Waals surface area contributed by atoms with Crippen molar-refractivity contribution >= 4 is 32.4 Å². The number of hydrogen-bond acceptors (Lipinski definition) is 5. The van der Waals surface area contributed by atoms with E-state index in [9.17, 15) is 0 Å². The molecular formula is C9H15BrN4S.